The fourth-order valence-electron chi connectivity index (χ4n) is 3.71. The number of carbonyl (C=O) groups is 4. The Balaban J connectivity index is 1.46. The van der Waals surface area contributed by atoms with E-state index in [1.807, 2.05) is 0 Å². The second-order valence-electron chi connectivity index (χ2n) is 8.62. The number of likely N-dealkylation sites (tertiary alicyclic amines) is 1. The van der Waals surface area contributed by atoms with Gasteiger partial charge < -0.3 is 23.8 Å². The van der Waals surface area contributed by atoms with Crippen molar-refractivity contribution in [3.63, 3.8) is 0 Å². The number of benzene rings is 2. The lowest BCUT2D eigenvalue weighted by atomic mass is 10.1. The van der Waals surface area contributed by atoms with Crippen molar-refractivity contribution >= 4 is 23.9 Å². The summed E-state index contributed by atoms with van der Waals surface area (Å²) in [4.78, 5) is 50.3. The minimum absolute atomic E-state index is 0.0134. The molecular formula is C29H31NO8. The second-order valence-corrected chi connectivity index (χ2v) is 8.62. The maximum atomic E-state index is 12.2. The molecule has 9 nitrogen and oxygen atoms in total. The van der Waals surface area contributed by atoms with Crippen LogP contribution in [0.15, 0.2) is 85.0 Å². The highest BCUT2D eigenvalue weighted by molar-refractivity contribution is 5.93. The van der Waals surface area contributed by atoms with Crippen LogP contribution in [0.2, 0.25) is 0 Å². The van der Waals surface area contributed by atoms with Gasteiger partial charge in [0.05, 0.1) is 13.2 Å². The average molecular weight is 522 g/mol. The molecule has 0 unspecified atom stereocenters. The summed E-state index contributed by atoms with van der Waals surface area (Å²) in [6, 6.07) is 17.0. The number of para-hydroxylation sites is 2. The van der Waals surface area contributed by atoms with E-state index in [0.717, 1.165) is 50.2 Å². The monoisotopic (exact) mass is 521 g/mol. The molecule has 2 aromatic rings. The van der Waals surface area contributed by atoms with Crippen LogP contribution in [0.5, 0.6) is 11.5 Å². The number of piperidine rings is 1. The minimum atomic E-state index is -0.714. The Hall–Kier alpha value is -4.24. The third-order valence-corrected chi connectivity index (χ3v) is 5.52. The van der Waals surface area contributed by atoms with Crippen molar-refractivity contribution in [3.05, 3.63) is 85.0 Å². The van der Waals surface area contributed by atoms with Crippen molar-refractivity contribution in [2.75, 3.05) is 32.8 Å². The van der Waals surface area contributed by atoms with Gasteiger partial charge in [0.2, 0.25) is 0 Å². The second kappa shape index (κ2) is 15.8. The molecule has 1 saturated heterocycles. The SMILES string of the molecule is O=C(/C=C/C(=O)Oc1ccccc1)OCC(COC(=O)/C=C/C(=O)Oc1ccccc1)CN1CCCCC1. The fourth-order valence-corrected chi connectivity index (χ4v) is 3.71. The summed E-state index contributed by atoms with van der Waals surface area (Å²) in [7, 11) is 0. The van der Waals surface area contributed by atoms with E-state index in [4.69, 9.17) is 18.9 Å². The van der Waals surface area contributed by atoms with Crippen molar-refractivity contribution in [1.29, 1.82) is 0 Å². The molecule has 1 fully saturated rings. The van der Waals surface area contributed by atoms with Crippen LogP contribution in [-0.4, -0.2) is 61.6 Å². The summed E-state index contributed by atoms with van der Waals surface area (Å²) in [6.07, 6.45) is 7.30. The third kappa shape index (κ3) is 11.2. The Morgan fingerprint density at radius 2 is 1.05 bits per heavy atom. The van der Waals surface area contributed by atoms with Gasteiger partial charge in [-0.15, -0.1) is 0 Å². The number of hydrogen-bond acceptors (Lipinski definition) is 9. The van der Waals surface area contributed by atoms with E-state index in [2.05, 4.69) is 4.90 Å². The Morgan fingerprint density at radius 1 is 0.632 bits per heavy atom. The van der Waals surface area contributed by atoms with Gasteiger partial charge in [0, 0.05) is 36.8 Å². The van der Waals surface area contributed by atoms with Gasteiger partial charge in [0.1, 0.15) is 11.5 Å². The number of carbonyl (C=O) groups excluding carboxylic acids is 4. The number of esters is 4. The molecule has 0 bridgehead atoms. The molecule has 1 heterocycles. The Labute approximate surface area is 221 Å². The molecule has 0 amide bonds. The first-order valence-electron chi connectivity index (χ1n) is 12.4. The first kappa shape index (κ1) is 28.3. The van der Waals surface area contributed by atoms with E-state index >= 15 is 0 Å². The predicted octanol–water partition coefficient (Wildman–Crippen LogP) is 3.50. The highest BCUT2D eigenvalue weighted by Crippen LogP contribution is 2.13. The van der Waals surface area contributed by atoms with Gasteiger partial charge in [-0.3, -0.25) is 0 Å². The van der Waals surface area contributed by atoms with Crippen LogP contribution < -0.4 is 9.47 Å². The zero-order valence-electron chi connectivity index (χ0n) is 21.0. The van der Waals surface area contributed by atoms with Crippen molar-refractivity contribution in [2.45, 2.75) is 19.3 Å². The van der Waals surface area contributed by atoms with Crippen LogP contribution in [0.25, 0.3) is 0 Å². The summed E-state index contributed by atoms with van der Waals surface area (Å²) in [5.41, 5.74) is 0. The van der Waals surface area contributed by atoms with Crippen LogP contribution in [0.1, 0.15) is 19.3 Å². The maximum absolute atomic E-state index is 12.2. The normalized spacial score (nSPS) is 13.9. The molecule has 2 aromatic carbocycles. The quantitative estimate of drug-likeness (QED) is 0.236. The molecule has 9 heteroatoms. The topological polar surface area (TPSA) is 108 Å². The Morgan fingerprint density at radius 3 is 1.50 bits per heavy atom. The largest absolute Gasteiger partial charge is 0.462 e. The summed E-state index contributed by atoms with van der Waals surface area (Å²) in [5, 5.41) is 0. The molecule has 1 aliphatic rings. The average Bonchev–Trinajstić information content (AvgIpc) is 2.94. The summed E-state index contributed by atoms with van der Waals surface area (Å²) in [5.74, 6) is -2.41. The van der Waals surface area contributed by atoms with E-state index in [0.29, 0.717) is 18.0 Å². The Kier molecular flexibility index (Phi) is 11.8. The molecule has 0 radical (unpaired) electrons. The highest BCUT2D eigenvalue weighted by atomic mass is 16.6. The lowest BCUT2D eigenvalue weighted by Crippen LogP contribution is -2.37. The van der Waals surface area contributed by atoms with Gasteiger partial charge >= 0.3 is 23.9 Å². The van der Waals surface area contributed by atoms with Crippen LogP contribution >= 0.6 is 0 Å². The molecule has 0 spiro atoms. The zero-order chi connectivity index (χ0) is 27.0. The highest BCUT2D eigenvalue weighted by Gasteiger charge is 2.20. The molecule has 0 N–H and O–H groups in total. The van der Waals surface area contributed by atoms with Gasteiger partial charge in [-0.2, -0.15) is 0 Å². The molecule has 38 heavy (non-hydrogen) atoms. The lowest BCUT2D eigenvalue weighted by molar-refractivity contribution is -0.144. The van der Waals surface area contributed by atoms with Gasteiger partial charge in [-0.1, -0.05) is 42.8 Å². The standard InChI is InChI=1S/C29H31NO8/c31-26(14-16-28(33)37-24-10-4-1-5-11-24)35-21-23(20-30-18-8-3-9-19-30)22-36-27(32)15-17-29(34)38-25-12-6-2-7-13-25/h1-2,4-7,10-17,23H,3,8-9,18-22H2/b16-14+,17-15+. The van der Waals surface area contributed by atoms with Gasteiger partial charge in [0.25, 0.3) is 0 Å². The molecule has 1 aliphatic heterocycles. The maximum Gasteiger partial charge on any atom is 0.336 e. The van der Waals surface area contributed by atoms with Crippen molar-refractivity contribution in [1.82, 2.24) is 4.90 Å². The van der Waals surface area contributed by atoms with Gasteiger partial charge in [-0.25, -0.2) is 19.2 Å². The molecule has 0 aliphatic carbocycles. The first-order valence-corrected chi connectivity index (χ1v) is 12.4. The van der Waals surface area contributed by atoms with E-state index in [1.165, 1.54) is 6.42 Å². The number of hydrogen-bond donors (Lipinski definition) is 0. The third-order valence-electron chi connectivity index (χ3n) is 5.52. The summed E-state index contributed by atoms with van der Waals surface area (Å²) >= 11 is 0. The molecule has 200 valence electrons. The van der Waals surface area contributed by atoms with Crippen LogP contribution in [-0.2, 0) is 28.7 Å². The molecule has 3 rings (SSSR count). The zero-order valence-corrected chi connectivity index (χ0v) is 21.0. The number of rotatable bonds is 12. The van der Waals surface area contributed by atoms with Crippen LogP contribution in [0.3, 0.4) is 0 Å². The van der Waals surface area contributed by atoms with Gasteiger partial charge in [-0.05, 0) is 50.2 Å². The lowest BCUT2D eigenvalue weighted by Gasteiger charge is -2.30. The minimum Gasteiger partial charge on any atom is -0.462 e. The Bertz CT molecular complexity index is 1030. The first-order chi connectivity index (χ1) is 18.5. The summed E-state index contributed by atoms with van der Waals surface area (Å²) < 4.78 is 20.8. The number of ether oxygens (including phenoxy) is 4. The smallest absolute Gasteiger partial charge is 0.336 e. The van der Waals surface area contributed by atoms with E-state index in [1.54, 1.807) is 60.7 Å². The molecular weight excluding hydrogens is 490 g/mol. The van der Waals surface area contributed by atoms with E-state index in [9.17, 15) is 19.2 Å². The molecule has 0 atom stereocenters. The van der Waals surface area contributed by atoms with Crippen LogP contribution in [0.4, 0.5) is 0 Å². The van der Waals surface area contributed by atoms with Crippen molar-refractivity contribution < 1.29 is 38.1 Å². The molecule has 0 saturated carbocycles. The number of nitrogens with zero attached hydrogens (tertiary/aromatic N) is 1. The predicted molar refractivity (Wildman–Crippen MR) is 138 cm³/mol. The van der Waals surface area contributed by atoms with Gasteiger partial charge in [0.15, 0.2) is 0 Å². The summed E-state index contributed by atoms with van der Waals surface area (Å²) in [6.45, 7) is 2.37. The van der Waals surface area contributed by atoms with E-state index in [-0.39, 0.29) is 19.1 Å². The van der Waals surface area contributed by atoms with Crippen LogP contribution in [0, 0.1) is 5.92 Å². The fraction of sp³-hybridized carbons (Fsp3) is 0.310. The van der Waals surface area contributed by atoms with E-state index < -0.39 is 23.9 Å². The van der Waals surface area contributed by atoms with Crippen molar-refractivity contribution in [2.24, 2.45) is 5.92 Å². The molecule has 0 aromatic heterocycles. The van der Waals surface area contributed by atoms with Crippen molar-refractivity contribution in [3.8, 4) is 11.5 Å².